The quantitative estimate of drug-likeness (QED) is 0.562. The summed E-state index contributed by atoms with van der Waals surface area (Å²) in [6.45, 7) is 0. The first kappa shape index (κ1) is 14.7. The van der Waals surface area contributed by atoms with Crippen LogP contribution in [0.4, 0.5) is 0 Å². The van der Waals surface area contributed by atoms with Gasteiger partial charge in [0.1, 0.15) is 5.75 Å². The molecule has 0 bridgehead atoms. The lowest BCUT2D eigenvalue weighted by Gasteiger charge is -2.12. The molecule has 0 heterocycles. The van der Waals surface area contributed by atoms with Crippen LogP contribution in [0.5, 0.6) is 5.75 Å². The molecule has 0 saturated heterocycles. The van der Waals surface area contributed by atoms with Gasteiger partial charge in [-0.05, 0) is 34.4 Å². The number of methoxy groups -OCH3 is 1. The van der Waals surface area contributed by atoms with E-state index in [1.807, 2.05) is 42.5 Å². The van der Waals surface area contributed by atoms with E-state index >= 15 is 0 Å². The zero-order chi connectivity index (χ0) is 15.4. The number of hydrogen-bond acceptors (Lipinski definition) is 1. The molecule has 0 aromatic heterocycles. The van der Waals surface area contributed by atoms with Gasteiger partial charge in [0.15, 0.2) is 0 Å². The third kappa shape index (κ3) is 3.15. The zero-order valence-electron chi connectivity index (χ0n) is 12.4. The third-order valence-electron chi connectivity index (χ3n) is 3.72. The molecular formula is C20H17ClO. The lowest BCUT2D eigenvalue weighted by Crippen LogP contribution is -1.93. The van der Waals surface area contributed by atoms with Crippen molar-refractivity contribution in [2.45, 2.75) is 5.38 Å². The van der Waals surface area contributed by atoms with Gasteiger partial charge in [-0.15, -0.1) is 11.6 Å². The molecule has 0 radical (unpaired) electrons. The molecule has 3 aromatic carbocycles. The van der Waals surface area contributed by atoms with Crippen molar-refractivity contribution in [3.05, 3.63) is 90.0 Å². The Morgan fingerprint density at radius 3 is 1.73 bits per heavy atom. The minimum absolute atomic E-state index is 0.157. The topological polar surface area (TPSA) is 9.23 Å². The maximum atomic E-state index is 6.58. The first-order valence-electron chi connectivity index (χ1n) is 7.21. The molecule has 22 heavy (non-hydrogen) atoms. The highest BCUT2D eigenvalue weighted by molar-refractivity contribution is 6.22. The van der Waals surface area contributed by atoms with Crippen LogP contribution in [0.2, 0.25) is 0 Å². The van der Waals surface area contributed by atoms with Gasteiger partial charge in [0.25, 0.3) is 0 Å². The fourth-order valence-electron chi connectivity index (χ4n) is 2.44. The van der Waals surface area contributed by atoms with E-state index in [0.29, 0.717) is 0 Å². The van der Waals surface area contributed by atoms with Crippen molar-refractivity contribution in [1.82, 2.24) is 0 Å². The minimum atomic E-state index is -0.157. The summed E-state index contributed by atoms with van der Waals surface area (Å²) in [7, 11) is 1.66. The molecule has 1 nitrogen and oxygen atoms in total. The largest absolute Gasteiger partial charge is 0.497 e. The lowest BCUT2D eigenvalue weighted by molar-refractivity contribution is 0.414. The Kier molecular flexibility index (Phi) is 4.45. The Morgan fingerprint density at radius 1 is 0.682 bits per heavy atom. The van der Waals surface area contributed by atoms with Gasteiger partial charge in [0.05, 0.1) is 12.5 Å². The Hall–Kier alpha value is -2.25. The van der Waals surface area contributed by atoms with Crippen molar-refractivity contribution >= 4 is 11.6 Å². The molecule has 0 aliphatic heterocycles. The second-order valence-corrected chi connectivity index (χ2v) is 5.56. The van der Waals surface area contributed by atoms with E-state index in [0.717, 1.165) is 16.9 Å². The SMILES string of the molecule is COc1ccc(C(Cl)c2ccc(-c3ccccc3)cc2)cc1. The summed E-state index contributed by atoms with van der Waals surface area (Å²) in [6, 6.07) is 26.6. The maximum Gasteiger partial charge on any atom is 0.118 e. The third-order valence-corrected chi connectivity index (χ3v) is 4.22. The Bertz CT molecular complexity index is 718. The highest BCUT2D eigenvalue weighted by Crippen LogP contribution is 2.31. The standard InChI is InChI=1S/C20H17ClO/c1-22-19-13-11-18(12-14-19)20(21)17-9-7-16(8-10-17)15-5-3-2-4-6-15/h2-14,20H,1H3. The summed E-state index contributed by atoms with van der Waals surface area (Å²) in [6.07, 6.45) is 0. The summed E-state index contributed by atoms with van der Waals surface area (Å²) in [4.78, 5) is 0. The van der Waals surface area contributed by atoms with Crippen molar-refractivity contribution in [3.8, 4) is 16.9 Å². The van der Waals surface area contributed by atoms with E-state index in [1.54, 1.807) is 7.11 Å². The number of hydrogen-bond donors (Lipinski definition) is 0. The fourth-order valence-corrected chi connectivity index (χ4v) is 2.73. The Labute approximate surface area is 136 Å². The van der Waals surface area contributed by atoms with Gasteiger partial charge in [-0.1, -0.05) is 66.7 Å². The van der Waals surface area contributed by atoms with Crippen molar-refractivity contribution in [1.29, 1.82) is 0 Å². The Morgan fingerprint density at radius 2 is 1.18 bits per heavy atom. The maximum absolute atomic E-state index is 6.58. The van der Waals surface area contributed by atoms with Crippen LogP contribution >= 0.6 is 11.6 Å². The molecule has 1 atom stereocenters. The van der Waals surface area contributed by atoms with Crippen molar-refractivity contribution in [2.24, 2.45) is 0 Å². The second-order valence-electron chi connectivity index (χ2n) is 5.12. The molecule has 1 unspecified atom stereocenters. The van der Waals surface area contributed by atoms with Crippen LogP contribution in [0.3, 0.4) is 0 Å². The number of halogens is 1. The zero-order valence-corrected chi connectivity index (χ0v) is 13.1. The molecule has 110 valence electrons. The van der Waals surface area contributed by atoms with Crippen molar-refractivity contribution in [2.75, 3.05) is 7.11 Å². The highest BCUT2D eigenvalue weighted by Gasteiger charge is 2.11. The predicted octanol–water partition coefficient (Wildman–Crippen LogP) is 5.69. The minimum Gasteiger partial charge on any atom is -0.497 e. The number of benzene rings is 3. The van der Waals surface area contributed by atoms with Crippen molar-refractivity contribution < 1.29 is 4.74 Å². The van der Waals surface area contributed by atoms with Crippen LogP contribution in [0.15, 0.2) is 78.9 Å². The first-order valence-corrected chi connectivity index (χ1v) is 7.65. The normalized spacial score (nSPS) is 11.9. The van der Waals surface area contributed by atoms with Crippen LogP contribution in [0.25, 0.3) is 11.1 Å². The lowest BCUT2D eigenvalue weighted by atomic mass is 10.00. The van der Waals surface area contributed by atoms with E-state index in [1.165, 1.54) is 11.1 Å². The van der Waals surface area contributed by atoms with E-state index in [4.69, 9.17) is 16.3 Å². The van der Waals surface area contributed by atoms with Gasteiger partial charge >= 0.3 is 0 Å². The average molecular weight is 309 g/mol. The molecule has 0 amide bonds. The monoisotopic (exact) mass is 308 g/mol. The van der Waals surface area contributed by atoms with Gasteiger partial charge in [-0.2, -0.15) is 0 Å². The van der Waals surface area contributed by atoms with Crippen molar-refractivity contribution in [3.63, 3.8) is 0 Å². The molecule has 0 aliphatic rings. The van der Waals surface area contributed by atoms with Gasteiger partial charge in [0.2, 0.25) is 0 Å². The van der Waals surface area contributed by atoms with Gasteiger partial charge < -0.3 is 4.74 Å². The van der Waals surface area contributed by atoms with Crippen LogP contribution in [0, 0.1) is 0 Å². The Balaban J connectivity index is 1.82. The summed E-state index contributed by atoms with van der Waals surface area (Å²) >= 11 is 6.58. The molecule has 0 spiro atoms. The number of rotatable bonds is 4. The highest BCUT2D eigenvalue weighted by atomic mass is 35.5. The molecule has 0 aliphatic carbocycles. The fraction of sp³-hybridized carbons (Fsp3) is 0.100. The number of ether oxygens (including phenoxy) is 1. The predicted molar refractivity (Wildman–Crippen MR) is 92.6 cm³/mol. The van der Waals surface area contributed by atoms with Crippen LogP contribution < -0.4 is 4.74 Å². The summed E-state index contributed by atoms with van der Waals surface area (Å²) in [5.74, 6) is 0.840. The van der Waals surface area contributed by atoms with Crippen LogP contribution in [-0.4, -0.2) is 7.11 Å². The summed E-state index contributed by atoms with van der Waals surface area (Å²) < 4.78 is 5.18. The van der Waals surface area contributed by atoms with Gasteiger partial charge in [-0.3, -0.25) is 0 Å². The molecule has 0 fully saturated rings. The van der Waals surface area contributed by atoms with E-state index in [2.05, 4.69) is 36.4 Å². The smallest absolute Gasteiger partial charge is 0.118 e. The summed E-state index contributed by atoms with van der Waals surface area (Å²) in [5.41, 5.74) is 4.56. The van der Waals surface area contributed by atoms with E-state index < -0.39 is 0 Å². The van der Waals surface area contributed by atoms with E-state index in [-0.39, 0.29) is 5.38 Å². The molecule has 0 saturated carbocycles. The van der Waals surface area contributed by atoms with Crippen LogP contribution in [0.1, 0.15) is 16.5 Å². The molecule has 2 heteroatoms. The molecule has 3 rings (SSSR count). The number of alkyl halides is 1. The second kappa shape index (κ2) is 6.67. The average Bonchev–Trinajstić information content (AvgIpc) is 2.62. The van der Waals surface area contributed by atoms with Gasteiger partial charge in [0, 0.05) is 0 Å². The molecule has 0 N–H and O–H groups in total. The summed E-state index contributed by atoms with van der Waals surface area (Å²) in [5, 5.41) is -0.157. The molecule has 3 aromatic rings. The van der Waals surface area contributed by atoms with Gasteiger partial charge in [-0.25, -0.2) is 0 Å². The van der Waals surface area contributed by atoms with E-state index in [9.17, 15) is 0 Å². The first-order chi connectivity index (χ1) is 10.8. The van der Waals surface area contributed by atoms with Crippen LogP contribution in [-0.2, 0) is 0 Å². The molecular weight excluding hydrogens is 292 g/mol.